The number of amides is 1. The molecular weight excluding hydrogens is 360 g/mol. The van der Waals surface area contributed by atoms with E-state index in [9.17, 15) is 9.90 Å². The van der Waals surface area contributed by atoms with Gasteiger partial charge in [-0.1, -0.05) is 0 Å². The van der Waals surface area contributed by atoms with Crippen molar-refractivity contribution in [2.75, 3.05) is 14.2 Å². The average molecular weight is 382 g/mol. The van der Waals surface area contributed by atoms with Crippen molar-refractivity contribution in [3.05, 3.63) is 47.3 Å². The number of aryl methyl sites for hydroxylation is 2. The maximum Gasteiger partial charge on any atom is 0.271 e. The van der Waals surface area contributed by atoms with Crippen LogP contribution in [0.15, 0.2) is 35.4 Å². The van der Waals surface area contributed by atoms with Crippen molar-refractivity contribution in [1.29, 1.82) is 0 Å². The van der Waals surface area contributed by atoms with Crippen LogP contribution >= 0.6 is 0 Å². The van der Waals surface area contributed by atoms with Crippen molar-refractivity contribution >= 4 is 23.2 Å². The lowest BCUT2D eigenvalue weighted by molar-refractivity contribution is 0.0955. The Hall–Kier alpha value is -3.55. The molecule has 8 nitrogen and oxygen atoms in total. The van der Waals surface area contributed by atoms with Crippen molar-refractivity contribution < 1.29 is 19.4 Å². The zero-order valence-electron chi connectivity index (χ0n) is 16.2. The fourth-order valence-corrected chi connectivity index (χ4v) is 3.01. The van der Waals surface area contributed by atoms with Gasteiger partial charge in [-0.3, -0.25) is 4.79 Å². The minimum Gasteiger partial charge on any atom is -0.502 e. The third kappa shape index (κ3) is 3.62. The molecule has 1 heterocycles. The molecule has 0 fully saturated rings. The fraction of sp³-hybridized carbons (Fsp3) is 0.250. The van der Waals surface area contributed by atoms with Crippen LogP contribution in [0.1, 0.15) is 28.7 Å². The minimum atomic E-state index is -0.348. The van der Waals surface area contributed by atoms with Gasteiger partial charge in [0.05, 0.1) is 31.5 Å². The lowest BCUT2D eigenvalue weighted by Crippen LogP contribution is -2.17. The van der Waals surface area contributed by atoms with E-state index >= 15 is 0 Å². The molecule has 0 aliphatic rings. The molecule has 2 aromatic carbocycles. The number of aromatic nitrogens is 2. The summed E-state index contributed by atoms with van der Waals surface area (Å²) in [4.78, 5) is 16.9. The second-order valence-electron chi connectivity index (χ2n) is 6.08. The highest BCUT2D eigenvalue weighted by atomic mass is 16.5. The number of nitrogens with one attached hydrogen (secondary N) is 1. The van der Waals surface area contributed by atoms with Crippen LogP contribution in [0.5, 0.6) is 17.2 Å². The Morgan fingerprint density at radius 3 is 2.54 bits per heavy atom. The van der Waals surface area contributed by atoms with Gasteiger partial charge < -0.3 is 19.1 Å². The zero-order valence-corrected chi connectivity index (χ0v) is 16.2. The van der Waals surface area contributed by atoms with Crippen LogP contribution in [0.25, 0.3) is 11.0 Å². The summed E-state index contributed by atoms with van der Waals surface area (Å²) in [5, 5.41) is 13.9. The smallest absolute Gasteiger partial charge is 0.271 e. The number of aromatic hydroxyl groups is 1. The second-order valence-corrected chi connectivity index (χ2v) is 6.08. The first-order valence-electron chi connectivity index (χ1n) is 8.73. The van der Waals surface area contributed by atoms with E-state index in [0.29, 0.717) is 11.1 Å². The van der Waals surface area contributed by atoms with Gasteiger partial charge in [0, 0.05) is 17.7 Å². The molecule has 1 aromatic heterocycles. The number of hydrazone groups is 1. The van der Waals surface area contributed by atoms with E-state index in [1.807, 2.05) is 13.0 Å². The number of ether oxygens (including phenoxy) is 2. The highest BCUT2D eigenvalue weighted by Gasteiger charge is 2.12. The summed E-state index contributed by atoms with van der Waals surface area (Å²) in [5.41, 5.74) is 5.31. The number of phenols is 1. The largest absolute Gasteiger partial charge is 0.502 e. The number of methoxy groups -OCH3 is 2. The van der Waals surface area contributed by atoms with Gasteiger partial charge in [0.15, 0.2) is 11.5 Å². The van der Waals surface area contributed by atoms with Crippen molar-refractivity contribution in [1.82, 2.24) is 15.0 Å². The molecule has 0 saturated heterocycles. The number of benzene rings is 2. The third-order valence-electron chi connectivity index (χ3n) is 4.40. The predicted molar refractivity (Wildman–Crippen MR) is 106 cm³/mol. The van der Waals surface area contributed by atoms with Gasteiger partial charge >= 0.3 is 0 Å². The molecule has 0 spiro atoms. The number of nitrogens with zero attached hydrogens (tertiary/aromatic N) is 3. The summed E-state index contributed by atoms with van der Waals surface area (Å²) in [6.07, 6.45) is 1.44. The molecule has 146 valence electrons. The zero-order chi connectivity index (χ0) is 20.3. The molecule has 28 heavy (non-hydrogen) atoms. The number of carbonyl (C=O) groups is 1. The van der Waals surface area contributed by atoms with Crippen molar-refractivity contribution in [3.8, 4) is 17.2 Å². The van der Waals surface area contributed by atoms with E-state index in [4.69, 9.17) is 9.47 Å². The molecule has 2 N–H and O–H groups in total. The summed E-state index contributed by atoms with van der Waals surface area (Å²) >= 11 is 0. The van der Waals surface area contributed by atoms with Crippen molar-refractivity contribution in [3.63, 3.8) is 0 Å². The Kier molecular flexibility index (Phi) is 5.49. The number of imidazole rings is 1. The first-order valence-corrected chi connectivity index (χ1v) is 8.73. The molecular formula is C20H22N4O4. The number of hydrogen-bond acceptors (Lipinski definition) is 6. The molecule has 8 heteroatoms. The SMILES string of the molecule is CCn1c(C)nc2cc(C(=O)N/N=C/c3cc(OC)c(O)c(OC)c3)ccc21. The normalized spacial score (nSPS) is 11.1. The number of fused-ring (bicyclic) bond motifs is 1. The predicted octanol–water partition coefficient (Wildman–Crippen LogP) is 2.85. The van der Waals surface area contributed by atoms with Gasteiger partial charge in [-0.15, -0.1) is 0 Å². The van der Waals surface area contributed by atoms with E-state index in [1.165, 1.54) is 20.4 Å². The molecule has 0 aliphatic carbocycles. The van der Waals surface area contributed by atoms with E-state index in [2.05, 4.69) is 27.0 Å². The maximum atomic E-state index is 12.4. The molecule has 0 saturated carbocycles. The third-order valence-corrected chi connectivity index (χ3v) is 4.40. The quantitative estimate of drug-likeness (QED) is 0.505. The summed E-state index contributed by atoms with van der Waals surface area (Å²) in [7, 11) is 2.88. The van der Waals surface area contributed by atoms with E-state index in [0.717, 1.165) is 23.4 Å². The lowest BCUT2D eigenvalue weighted by Gasteiger charge is -2.09. The van der Waals surface area contributed by atoms with Crippen molar-refractivity contribution in [2.24, 2.45) is 5.10 Å². The first-order chi connectivity index (χ1) is 13.5. The summed E-state index contributed by atoms with van der Waals surface area (Å²) in [6.45, 7) is 4.81. The molecule has 1 amide bonds. The van der Waals surface area contributed by atoms with E-state index < -0.39 is 0 Å². The van der Waals surface area contributed by atoms with E-state index in [1.54, 1.807) is 24.3 Å². The van der Waals surface area contributed by atoms with Crippen LogP contribution in [-0.4, -0.2) is 41.0 Å². The number of carbonyl (C=O) groups excluding carboxylic acids is 1. The Bertz CT molecular complexity index is 1030. The minimum absolute atomic E-state index is 0.0960. The molecule has 0 unspecified atom stereocenters. The molecule has 0 atom stereocenters. The van der Waals surface area contributed by atoms with Crippen LogP contribution in [0.4, 0.5) is 0 Å². The average Bonchev–Trinajstić information content (AvgIpc) is 3.02. The molecule has 0 aliphatic heterocycles. The monoisotopic (exact) mass is 382 g/mol. The van der Waals surface area contributed by atoms with Gasteiger partial charge in [0.25, 0.3) is 5.91 Å². The summed E-state index contributed by atoms with van der Waals surface area (Å²) in [5.74, 6) is 0.961. The summed E-state index contributed by atoms with van der Waals surface area (Å²) in [6, 6.07) is 8.53. The Morgan fingerprint density at radius 2 is 1.93 bits per heavy atom. The van der Waals surface area contributed by atoms with Gasteiger partial charge in [-0.25, -0.2) is 10.4 Å². The number of hydrogen-bond donors (Lipinski definition) is 2. The van der Waals surface area contributed by atoms with Gasteiger partial charge in [-0.05, 0) is 44.2 Å². The van der Waals surface area contributed by atoms with Gasteiger partial charge in [0.2, 0.25) is 5.75 Å². The van der Waals surface area contributed by atoms with Crippen LogP contribution in [0, 0.1) is 6.92 Å². The topological polar surface area (TPSA) is 98.0 Å². The Labute approximate surface area is 162 Å². The molecule has 0 bridgehead atoms. The second kappa shape index (κ2) is 7.99. The highest BCUT2D eigenvalue weighted by molar-refractivity contribution is 5.98. The van der Waals surface area contributed by atoms with Crippen LogP contribution in [0.2, 0.25) is 0 Å². The van der Waals surface area contributed by atoms with E-state index in [-0.39, 0.29) is 23.2 Å². The lowest BCUT2D eigenvalue weighted by atomic mass is 10.2. The van der Waals surface area contributed by atoms with Gasteiger partial charge in [-0.2, -0.15) is 5.10 Å². The number of phenolic OH excluding ortho intramolecular Hbond substituents is 1. The van der Waals surface area contributed by atoms with Crippen LogP contribution in [-0.2, 0) is 6.54 Å². The highest BCUT2D eigenvalue weighted by Crippen LogP contribution is 2.36. The van der Waals surface area contributed by atoms with Crippen LogP contribution in [0.3, 0.4) is 0 Å². The molecule has 3 aromatic rings. The fourth-order valence-electron chi connectivity index (χ4n) is 3.01. The molecule has 3 rings (SSSR count). The Balaban J connectivity index is 1.78. The number of rotatable bonds is 6. The summed E-state index contributed by atoms with van der Waals surface area (Å²) < 4.78 is 12.3. The maximum absolute atomic E-state index is 12.4. The van der Waals surface area contributed by atoms with Crippen molar-refractivity contribution in [2.45, 2.75) is 20.4 Å². The van der Waals surface area contributed by atoms with Gasteiger partial charge in [0.1, 0.15) is 5.82 Å². The Morgan fingerprint density at radius 1 is 1.25 bits per heavy atom. The first kappa shape index (κ1) is 19.2. The van der Waals surface area contributed by atoms with Crippen LogP contribution < -0.4 is 14.9 Å². The standard InChI is InChI=1S/C20H22N4O4/c1-5-24-12(2)22-15-10-14(6-7-16(15)24)20(26)23-21-11-13-8-17(27-3)19(25)18(9-13)28-4/h6-11,25H,5H2,1-4H3,(H,23,26)/b21-11+. The molecule has 0 radical (unpaired) electrons.